The van der Waals surface area contributed by atoms with Gasteiger partial charge < -0.3 is 14.9 Å². The van der Waals surface area contributed by atoms with Gasteiger partial charge in [0.15, 0.2) is 0 Å². The van der Waals surface area contributed by atoms with E-state index in [4.69, 9.17) is 9.84 Å². The lowest BCUT2D eigenvalue weighted by molar-refractivity contribution is 0.130. The molecule has 1 aliphatic carbocycles. The maximum absolute atomic E-state index is 9.80. The van der Waals surface area contributed by atoms with Gasteiger partial charge >= 0.3 is 0 Å². The van der Waals surface area contributed by atoms with Crippen LogP contribution in [-0.4, -0.2) is 35.1 Å². The molecule has 3 heteroatoms. The quantitative estimate of drug-likeness (QED) is 0.520. The molecule has 0 amide bonds. The zero-order valence-corrected chi connectivity index (χ0v) is 8.52. The van der Waals surface area contributed by atoms with Crippen LogP contribution in [0.4, 0.5) is 0 Å². The summed E-state index contributed by atoms with van der Waals surface area (Å²) in [4.78, 5) is 0. The summed E-state index contributed by atoms with van der Waals surface area (Å²) in [7, 11) is 0. The molecule has 2 N–H and O–H groups in total. The first-order valence-electron chi connectivity index (χ1n) is 5.39. The minimum atomic E-state index is -0.443. The van der Waals surface area contributed by atoms with Gasteiger partial charge in [0.2, 0.25) is 0 Å². The van der Waals surface area contributed by atoms with E-state index in [2.05, 4.69) is 6.92 Å². The maximum atomic E-state index is 9.80. The van der Waals surface area contributed by atoms with Crippen molar-refractivity contribution in [3.8, 4) is 0 Å². The Balaban J connectivity index is 1.79. The first kappa shape index (κ1) is 10.1. The van der Waals surface area contributed by atoms with E-state index in [9.17, 15) is 5.11 Å². The fourth-order valence-corrected chi connectivity index (χ4v) is 2.28. The molecule has 0 bridgehead atoms. The molecule has 1 saturated heterocycles. The maximum Gasteiger partial charge on any atom is 0.0845 e. The molecular formula is C11H18O3. The van der Waals surface area contributed by atoms with Gasteiger partial charge in [-0.05, 0) is 30.8 Å². The molecule has 1 fully saturated rings. The summed E-state index contributed by atoms with van der Waals surface area (Å²) in [6.45, 7) is 2.10. The van der Waals surface area contributed by atoms with Gasteiger partial charge in [0.25, 0.3) is 0 Å². The summed E-state index contributed by atoms with van der Waals surface area (Å²) in [5.74, 6) is 0.263. The predicted molar refractivity (Wildman–Crippen MR) is 52.9 cm³/mol. The van der Waals surface area contributed by atoms with Crippen LogP contribution in [-0.2, 0) is 4.74 Å². The minimum absolute atomic E-state index is 0.0135. The van der Waals surface area contributed by atoms with E-state index < -0.39 is 6.10 Å². The predicted octanol–water partition coefficient (Wildman–Crippen LogP) is 0.853. The summed E-state index contributed by atoms with van der Waals surface area (Å²) in [6.07, 6.45) is 5.16. The molecule has 1 aliphatic heterocycles. The van der Waals surface area contributed by atoms with E-state index in [-0.39, 0.29) is 12.5 Å². The Kier molecular flexibility index (Phi) is 2.91. The van der Waals surface area contributed by atoms with Crippen LogP contribution in [0.15, 0.2) is 11.6 Å². The zero-order chi connectivity index (χ0) is 10.1. The monoisotopic (exact) mass is 198 g/mol. The molecule has 0 aromatic rings. The second-order valence-electron chi connectivity index (χ2n) is 4.23. The fraction of sp³-hybridized carbons (Fsp3) is 0.818. The van der Waals surface area contributed by atoms with Gasteiger partial charge in [0.05, 0.1) is 24.9 Å². The normalized spacial score (nSPS) is 41.2. The van der Waals surface area contributed by atoms with Crippen molar-refractivity contribution < 1.29 is 14.9 Å². The third-order valence-electron chi connectivity index (χ3n) is 3.32. The zero-order valence-electron chi connectivity index (χ0n) is 8.52. The Labute approximate surface area is 84.4 Å². The summed E-state index contributed by atoms with van der Waals surface area (Å²) in [5.41, 5.74) is 0.781. The van der Waals surface area contributed by atoms with Crippen molar-refractivity contribution in [2.75, 3.05) is 6.61 Å². The Hall–Kier alpha value is -0.380. The van der Waals surface area contributed by atoms with Crippen molar-refractivity contribution in [1.82, 2.24) is 0 Å². The second-order valence-corrected chi connectivity index (χ2v) is 4.23. The Morgan fingerprint density at radius 2 is 2.29 bits per heavy atom. The van der Waals surface area contributed by atoms with Crippen molar-refractivity contribution in [3.63, 3.8) is 0 Å². The highest BCUT2D eigenvalue weighted by Gasteiger charge is 2.41. The molecule has 4 atom stereocenters. The number of allylic oxidation sites excluding steroid dienone is 1. The number of aliphatic hydroxyl groups is 2. The summed E-state index contributed by atoms with van der Waals surface area (Å²) in [5, 5.41) is 18.7. The van der Waals surface area contributed by atoms with Crippen LogP contribution in [0.1, 0.15) is 26.2 Å². The van der Waals surface area contributed by atoms with Gasteiger partial charge in [0, 0.05) is 0 Å². The highest BCUT2D eigenvalue weighted by molar-refractivity contribution is 5.17. The number of ether oxygens (including phenoxy) is 1. The minimum Gasteiger partial charge on any atom is -0.392 e. The third-order valence-corrected chi connectivity index (χ3v) is 3.32. The van der Waals surface area contributed by atoms with Crippen LogP contribution >= 0.6 is 0 Å². The van der Waals surface area contributed by atoms with Crippen LogP contribution in [0, 0.1) is 5.92 Å². The molecule has 3 nitrogen and oxygen atoms in total. The van der Waals surface area contributed by atoms with E-state index in [0.29, 0.717) is 12.2 Å². The molecule has 0 aromatic heterocycles. The average Bonchev–Trinajstić information content (AvgIpc) is 2.86. The first-order chi connectivity index (χ1) is 6.76. The van der Waals surface area contributed by atoms with Crippen molar-refractivity contribution >= 4 is 0 Å². The SMILES string of the molecule is CC[C@@H]1O[C@H]1C[C@H]1CC=C(CO)[C@H]1O. The van der Waals surface area contributed by atoms with Crippen LogP contribution in [0.3, 0.4) is 0 Å². The van der Waals surface area contributed by atoms with E-state index in [0.717, 1.165) is 24.8 Å². The topological polar surface area (TPSA) is 53.0 Å². The van der Waals surface area contributed by atoms with Gasteiger partial charge in [-0.25, -0.2) is 0 Å². The Morgan fingerprint density at radius 3 is 2.79 bits per heavy atom. The van der Waals surface area contributed by atoms with E-state index in [1.54, 1.807) is 0 Å². The molecule has 2 aliphatic rings. The number of epoxide rings is 1. The molecule has 0 radical (unpaired) electrons. The molecule has 0 unspecified atom stereocenters. The van der Waals surface area contributed by atoms with E-state index >= 15 is 0 Å². The Bertz CT molecular complexity index is 237. The molecule has 1 heterocycles. The number of rotatable bonds is 4. The average molecular weight is 198 g/mol. The summed E-state index contributed by atoms with van der Waals surface area (Å²) in [6, 6.07) is 0. The van der Waals surface area contributed by atoms with Crippen molar-refractivity contribution in [2.24, 2.45) is 5.92 Å². The number of hydrogen-bond donors (Lipinski definition) is 2. The van der Waals surface area contributed by atoms with E-state index in [1.165, 1.54) is 0 Å². The largest absolute Gasteiger partial charge is 0.392 e. The summed E-state index contributed by atoms with van der Waals surface area (Å²) >= 11 is 0. The highest BCUT2D eigenvalue weighted by atomic mass is 16.6. The lowest BCUT2D eigenvalue weighted by Crippen LogP contribution is -2.20. The van der Waals surface area contributed by atoms with Gasteiger partial charge in [-0.15, -0.1) is 0 Å². The van der Waals surface area contributed by atoms with Crippen molar-refractivity contribution in [2.45, 2.75) is 44.5 Å². The van der Waals surface area contributed by atoms with Gasteiger partial charge in [-0.2, -0.15) is 0 Å². The number of aliphatic hydroxyl groups excluding tert-OH is 2. The lowest BCUT2D eigenvalue weighted by atomic mass is 9.95. The first-order valence-corrected chi connectivity index (χ1v) is 5.39. The van der Waals surface area contributed by atoms with Crippen molar-refractivity contribution in [3.05, 3.63) is 11.6 Å². The fourth-order valence-electron chi connectivity index (χ4n) is 2.28. The molecule has 0 aromatic carbocycles. The van der Waals surface area contributed by atoms with Crippen molar-refractivity contribution in [1.29, 1.82) is 0 Å². The van der Waals surface area contributed by atoms with Gasteiger partial charge in [-0.1, -0.05) is 13.0 Å². The molecular weight excluding hydrogens is 180 g/mol. The molecule has 2 rings (SSSR count). The third kappa shape index (κ3) is 1.85. The van der Waals surface area contributed by atoms with Crippen LogP contribution in [0.2, 0.25) is 0 Å². The van der Waals surface area contributed by atoms with E-state index in [1.807, 2.05) is 6.08 Å². The molecule has 0 saturated carbocycles. The van der Waals surface area contributed by atoms with Gasteiger partial charge in [0.1, 0.15) is 0 Å². The van der Waals surface area contributed by atoms with Crippen LogP contribution in [0.5, 0.6) is 0 Å². The van der Waals surface area contributed by atoms with Gasteiger partial charge in [-0.3, -0.25) is 0 Å². The second kappa shape index (κ2) is 4.01. The molecule has 80 valence electrons. The number of hydrogen-bond acceptors (Lipinski definition) is 3. The Morgan fingerprint density at radius 1 is 1.50 bits per heavy atom. The smallest absolute Gasteiger partial charge is 0.0845 e. The molecule has 14 heavy (non-hydrogen) atoms. The standard InChI is InChI=1S/C11H18O3/c1-2-9-10(14-9)5-7-3-4-8(6-12)11(7)13/h4,7,9-13H,2-3,5-6H2,1H3/t7-,9+,10+,11+/m1/s1. The highest BCUT2D eigenvalue weighted by Crippen LogP contribution is 2.36. The summed E-state index contributed by atoms with van der Waals surface area (Å²) < 4.78 is 5.45. The van der Waals surface area contributed by atoms with Crippen LogP contribution < -0.4 is 0 Å². The van der Waals surface area contributed by atoms with Crippen LogP contribution in [0.25, 0.3) is 0 Å². The molecule has 0 spiro atoms. The lowest BCUT2D eigenvalue weighted by Gasteiger charge is -2.15.